The monoisotopic (exact) mass is 318 g/mol. The highest BCUT2D eigenvalue weighted by atomic mass is 16.5. The van der Waals surface area contributed by atoms with Crippen LogP contribution in [-0.2, 0) is 13.0 Å². The number of rotatable bonds is 2. The maximum Gasteiger partial charge on any atom is 0.259 e. The van der Waals surface area contributed by atoms with E-state index in [1.54, 1.807) is 4.57 Å². The molecule has 0 aromatic carbocycles. The lowest BCUT2D eigenvalue weighted by Crippen LogP contribution is -2.39. The third kappa shape index (κ3) is 3.14. The molecule has 1 aromatic rings. The summed E-state index contributed by atoms with van der Waals surface area (Å²) >= 11 is 0. The van der Waals surface area contributed by atoms with E-state index in [0.717, 1.165) is 57.3 Å². The highest BCUT2D eigenvalue weighted by Crippen LogP contribution is 2.27. The number of piperidine rings is 1. The molecule has 0 atom stereocenters. The first kappa shape index (κ1) is 16.1. The topological polar surface area (TPSA) is 51.5 Å². The Morgan fingerprint density at radius 3 is 2.61 bits per heavy atom. The Bertz CT molecular complexity index is 642. The van der Waals surface area contributed by atoms with Crippen LogP contribution >= 0.6 is 0 Å². The molecule has 1 aromatic heterocycles. The lowest BCUT2D eigenvalue weighted by molar-refractivity contribution is 0.0691. The molecule has 5 heteroatoms. The molecule has 23 heavy (non-hydrogen) atoms. The number of methoxy groups -OCH3 is 1. The highest BCUT2D eigenvalue weighted by molar-refractivity contribution is 5.98. The molecule has 2 aliphatic heterocycles. The van der Waals surface area contributed by atoms with E-state index in [1.165, 1.54) is 13.2 Å². The van der Waals surface area contributed by atoms with Gasteiger partial charge in [0.2, 0.25) is 0 Å². The minimum atomic E-state index is -0.0532. The summed E-state index contributed by atoms with van der Waals surface area (Å²) < 4.78 is 7.19. The van der Waals surface area contributed by atoms with Crippen LogP contribution in [0.4, 0.5) is 0 Å². The van der Waals surface area contributed by atoms with Gasteiger partial charge in [-0.25, -0.2) is 0 Å². The molecule has 0 saturated carbocycles. The fourth-order valence-electron chi connectivity index (χ4n) is 3.68. The SMILES string of the molecule is COc1cc(=O)n2c(c1C(=O)N1CCC(C)CC1)CCCCC2. The molecular formula is C18H26N2O3. The summed E-state index contributed by atoms with van der Waals surface area (Å²) in [6, 6.07) is 1.48. The second-order valence-electron chi connectivity index (χ2n) is 6.81. The van der Waals surface area contributed by atoms with Gasteiger partial charge in [0.1, 0.15) is 11.3 Å². The Labute approximate surface area is 137 Å². The van der Waals surface area contributed by atoms with E-state index in [0.29, 0.717) is 23.8 Å². The van der Waals surface area contributed by atoms with Crippen molar-refractivity contribution in [3.05, 3.63) is 27.7 Å². The molecule has 1 saturated heterocycles. The maximum absolute atomic E-state index is 13.1. The van der Waals surface area contributed by atoms with Crippen molar-refractivity contribution in [2.24, 2.45) is 5.92 Å². The Kier molecular flexibility index (Phi) is 4.74. The van der Waals surface area contributed by atoms with Crippen molar-refractivity contribution in [3.63, 3.8) is 0 Å². The molecule has 5 nitrogen and oxygen atoms in total. The van der Waals surface area contributed by atoms with E-state index in [1.807, 2.05) is 4.90 Å². The molecule has 0 bridgehead atoms. The molecule has 0 N–H and O–H groups in total. The quantitative estimate of drug-likeness (QED) is 0.841. The van der Waals surface area contributed by atoms with Gasteiger partial charge in [0.15, 0.2) is 0 Å². The number of pyridine rings is 1. The number of hydrogen-bond acceptors (Lipinski definition) is 3. The van der Waals surface area contributed by atoms with Crippen LogP contribution in [0.25, 0.3) is 0 Å². The first-order valence-electron chi connectivity index (χ1n) is 8.71. The fourth-order valence-corrected chi connectivity index (χ4v) is 3.68. The van der Waals surface area contributed by atoms with Crippen molar-refractivity contribution in [2.75, 3.05) is 20.2 Å². The molecule has 0 spiro atoms. The zero-order valence-corrected chi connectivity index (χ0v) is 14.1. The zero-order valence-electron chi connectivity index (χ0n) is 14.1. The van der Waals surface area contributed by atoms with E-state index < -0.39 is 0 Å². The van der Waals surface area contributed by atoms with E-state index in [9.17, 15) is 9.59 Å². The molecule has 1 fully saturated rings. The van der Waals surface area contributed by atoms with E-state index >= 15 is 0 Å². The Hall–Kier alpha value is -1.78. The molecule has 0 aliphatic carbocycles. The lowest BCUT2D eigenvalue weighted by Gasteiger charge is -2.31. The largest absolute Gasteiger partial charge is 0.496 e. The number of hydrogen-bond donors (Lipinski definition) is 0. The minimum Gasteiger partial charge on any atom is -0.496 e. The van der Waals surface area contributed by atoms with Crippen LogP contribution in [0.5, 0.6) is 5.75 Å². The molecular weight excluding hydrogens is 292 g/mol. The van der Waals surface area contributed by atoms with Crippen LogP contribution in [-0.4, -0.2) is 35.6 Å². The lowest BCUT2D eigenvalue weighted by atomic mass is 9.98. The van der Waals surface area contributed by atoms with E-state index in [2.05, 4.69) is 6.92 Å². The molecule has 3 rings (SSSR count). The van der Waals surface area contributed by atoms with Gasteiger partial charge in [-0.3, -0.25) is 9.59 Å². The molecule has 2 aliphatic rings. The van der Waals surface area contributed by atoms with Gasteiger partial charge in [0.05, 0.1) is 7.11 Å². The number of fused-ring (bicyclic) bond motifs is 1. The predicted molar refractivity (Wildman–Crippen MR) is 89.1 cm³/mol. The average Bonchev–Trinajstić information content (AvgIpc) is 2.81. The van der Waals surface area contributed by atoms with Crippen LogP contribution in [0.1, 0.15) is 55.1 Å². The molecule has 126 valence electrons. The number of nitrogens with zero attached hydrogens (tertiary/aromatic N) is 2. The van der Waals surface area contributed by atoms with Gasteiger partial charge in [-0.15, -0.1) is 0 Å². The van der Waals surface area contributed by atoms with Crippen LogP contribution in [0.2, 0.25) is 0 Å². The third-order valence-electron chi connectivity index (χ3n) is 5.18. The Balaban J connectivity index is 2.03. The normalized spacial score (nSPS) is 19.1. The first-order chi connectivity index (χ1) is 11.1. The van der Waals surface area contributed by atoms with Crippen molar-refractivity contribution < 1.29 is 9.53 Å². The summed E-state index contributed by atoms with van der Waals surface area (Å²) in [5.41, 5.74) is 1.43. The van der Waals surface area contributed by atoms with Crippen LogP contribution in [0, 0.1) is 5.92 Å². The highest BCUT2D eigenvalue weighted by Gasteiger charge is 2.28. The van der Waals surface area contributed by atoms with Crippen molar-refractivity contribution in [2.45, 2.75) is 52.0 Å². The van der Waals surface area contributed by atoms with Crippen molar-refractivity contribution in [1.82, 2.24) is 9.47 Å². The summed E-state index contributed by atoms with van der Waals surface area (Å²) in [5, 5.41) is 0. The van der Waals surface area contributed by atoms with Crippen molar-refractivity contribution in [3.8, 4) is 5.75 Å². The molecule has 3 heterocycles. The molecule has 0 radical (unpaired) electrons. The summed E-state index contributed by atoms with van der Waals surface area (Å²) in [7, 11) is 1.54. The maximum atomic E-state index is 13.1. The van der Waals surface area contributed by atoms with Gasteiger partial charge in [0, 0.05) is 31.4 Å². The van der Waals surface area contributed by atoms with Gasteiger partial charge < -0.3 is 14.2 Å². The first-order valence-corrected chi connectivity index (χ1v) is 8.71. The second kappa shape index (κ2) is 6.77. The van der Waals surface area contributed by atoms with Gasteiger partial charge in [-0.1, -0.05) is 13.3 Å². The van der Waals surface area contributed by atoms with Gasteiger partial charge in [-0.05, 0) is 38.0 Å². The Morgan fingerprint density at radius 2 is 1.91 bits per heavy atom. The second-order valence-corrected chi connectivity index (χ2v) is 6.81. The fraction of sp³-hybridized carbons (Fsp3) is 0.667. The molecule has 0 unspecified atom stereocenters. The smallest absolute Gasteiger partial charge is 0.259 e. The number of likely N-dealkylation sites (tertiary alicyclic amines) is 1. The average molecular weight is 318 g/mol. The predicted octanol–water partition coefficient (Wildman–Crippen LogP) is 2.46. The third-order valence-corrected chi connectivity index (χ3v) is 5.18. The number of carbonyl (C=O) groups excluding carboxylic acids is 1. The number of carbonyl (C=O) groups is 1. The molecule has 1 amide bonds. The van der Waals surface area contributed by atoms with Gasteiger partial charge >= 0.3 is 0 Å². The van der Waals surface area contributed by atoms with Crippen LogP contribution < -0.4 is 10.3 Å². The summed E-state index contributed by atoms with van der Waals surface area (Å²) in [5.74, 6) is 1.14. The number of aromatic nitrogens is 1. The van der Waals surface area contributed by atoms with Crippen LogP contribution in [0.15, 0.2) is 10.9 Å². The number of ether oxygens (including phenoxy) is 1. The van der Waals surface area contributed by atoms with E-state index in [4.69, 9.17) is 4.74 Å². The van der Waals surface area contributed by atoms with Crippen molar-refractivity contribution in [1.29, 1.82) is 0 Å². The minimum absolute atomic E-state index is 0.0272. The van der Waals surface area contributed by atoms with Gasteiger partial charge in [-0.2, -0.15) is 0 Å². The summed E-state index contributed by atoms with van der Waals surface area (Å²) in [6.45, 7) is 4.52. The summed E-state index contributed by atoms with van der Waals surface area (Å²) in [4.78, 5) is 27.4. The van der Waals surface area contributed by atoms with Gasteiger partial charge in [0.25, 0.3) is 11.5 Å². The zero-order chi connectivity index (χ0) is 16.4. The van der Waals surface area contributed by atoms with Crippen LogP contribution in [0.3, 0.4) is 0 Å². The standard InChI is InChI=1S/C18H26N2O3/c1-13-7-10-19(11-8-13)18(22)17-14-6-4-3-5-9-20(14)16(21)12-15(17)23-2/h12-13H,3-11H2,1-2H3. The Morgan fingerprint density at radius 1 is 1.17 bits per heavy atom. The van der Waals surface area contributed by atoms with E-state index in [-0.39, 0.29) is 11.5 Å². The summed E-state index contributed by atoms with van der Waals surface area (Å²) in [6.07, 6.45) is 5.97. The van der Waals surface area contributed by atoms with Crippen molar-refractivity contribution >= 4 is 5.91 Å². The number of amides is 1.